The molecule has 1 unspecified atom stereocenters. The Morgan fingerprint density at radius 2 is 2.00 bits per heavy atom. The minimum absolute atomic E-state index is 0.181. The van der Waals surface area contributed by atoms with Crippen molar-refractivity contribution in [1.29, 1.82) is 0 Å². The first-order valence-corrected chi connectivity index (χ1v) is 6.00. The highest BCUT2D eigenvalue weighted by molar-refractivity contribution is 5.73. The smallest absolute Gasteiger partial charge is 0.218 e. The molecule has 0 bridgehead atoms. The number of nitrogens with two attached hydrogens (primary N) is 1. The van der Waals surface area contributed by atoms with E-state index in [0.717, 1.165) is 25.7 Å². The van der Waals surface area contributed by atoms with Gasteiger partial charge >= 0.3 is 0 Å². The van der Waals surface area contributed by atoms with E-state index in [2.05, 4.69) is 9.80 Å². The molecule has 2 aliphatic heterocycles. The van der Waals surface area contributed by atoms with Crippen molar-refractivity contribution in [2.24, 2.45) is 5.73 Å². The van der Waals surface area contributed by atoms with Gasteiger partial charge < -0.3 is 10.6 Å². The van der Waals surface area contributed by atoms with E-state index in [1.54, 1.807) is 0 Å². The number of hydrogen-bond donors (Lipinski definition) is 1. The van der Waals surface area contributed by atoms with Gasteiger partial charge in [0.2, 0.25) is 5.91 Å². The molecule has 0 radical (unpaired) electrons. The van der Waals surface area contributed by atoms with Gasteiger partial charge in [0.25, 0.3) is 0 Å². The minimum atomic E-state index is -0.181. The Morgan fingerprint density at radius 3 is 2.67 bits per heavy atom. The highest BCUT2D eigenvalue weighted by atomic mass is 16.1. The summed E-state index contributed by atoms with van der Waals surface area (Å²) in [5.74, 6) is -0.181. The summed E-state index contributed by atoms with van der Waals surface area (Å²) >= 11 is 0. The van der Waals surface area contributed by atoms with E-state index in [1.807, 2.05) is 0 Å². The molecule has 0 aromatic heterocycles. The van der Waals surface area contributed by atoms with Crippen LogP contribution in [-0.4, -0.2) is 54.5 Å². The number of carbonyl (C=O) groups is 1. The summed E-state index contributed by atoms with van der Waals surface area (Å²) in [4.78, 5) is 15.6. The van der Waals surface area contributed by atoms with E-state index in [0.29, 0.717) is 6.42 Å². The third kappa shape index (κ3) is 2.92. The molecule has 2 heterocycles. The van der Waals surface area contributed by atoms with Gasteiger partial charge in [-0.05, 0) is 38.9 Å². The molecule has 15 heavy (non-hydrogen) atoms. The molecular formula is C11H21N3O. The maximum Gasteiger partial charge on any atom is 0.218 e. The second-order valence-corrected chi connectivity index (χ2v) is 4.70. The fourth-order valence-electron chi connectivity index (χ4n) is 2.69. The molecule has 0 spiro atoms. The summed E-state index contributed by atoms with van der Waals surface area (Å²) in [6.45, 7) is 5.66. The van der Waals surface area contributed by atoms with Gasteiger partial charge in [0.05, 0.1) is 0 Å². The number of hydrogen-bond acceptors (Lipinski definition) is 3. The second kappa shape index (κ2) is 4.94. The van der Waals surface area contributed by atoms with Crippen LogP contribution >= 0.6 is 0 Å². The molecule has 2 rings (SSSR count). The van der Waals surface area contributed by atoms with Crippen molar-refractivity contribution in [3.8, 4) is 0 Å². The van der Waals surface area contributed by atoms with Gasteiger partial charge in [0.15, 0.2) is 0 Å². The summed E-state index contributed by atoms with van der Waals surface area (Å²) in [7, 11) is 0. The van der Waals surface area contributed by atoms with Gasteiger partial charge in [-0.25, -0.2) is 0 Å². The lowest BCUT2D eigenvalue weighted by Crippen LogP contribution is -2.36. The van der Waals surface area contributed by atoms with Crippen molar-refractivity contribution in [1.82, 2.24) is 9.80 Å². The van der Waals surface area contributed by atoms with Crippen LogP contribution in [0.1, 0.15) is 25.7 Å². The summed E-state index contributed by atoms with van der Waals surface area (Å²) in [6, 6.07) is 0.736. The molecule has 0 aromatic rings. The molecule has 2 aliphatic rings. The Morgan fingerprint density at radius 1 is 1.27 bits per heavy atom. The number of carbonyl (C=O) groups excluding carboxylic acids is 1. The molecule has 1 amide bonds. The fourth-order valence-corrected chi connectivity index (χ4v) is 2.69. The zero-order valence-electron chi connectivity index (χ0n) is 9.32. The van der Waals surface area contributed by atoms with Gasteiger partial charge in [-0.15, -0.1) is 0 Å². The summed E-state index contributed by atoms with van der Waals surface area (Å²) < 4.78 is 0. The molecule has 0 aliphatic carbocycles. The summed E-state index contributed by atoms with van der Waals surface area (Å²) in [5.41, 5.74) is 5.15. The molecule has 86 valence electrons. The van der Waals surface area contributed by atoms with Crippen LogP contribution in [0.4, 0.5) is 0 Å². The van der Waals surface area contributed by atoms with Crippen LogP contribution in [0.15, 0.2) is 0 Å². The Balaban J connectivity index is 1.71. The molecule has 4 heteroatoms. The van der Waals surface area contributed by atoms with Crippen molar-refractivity contribution < 1.29 is 4.79 Å². The monoisotopic (exact) mass is 211 g/mol. The van der Waals surface area contributed by atoms with E-state index in [4.69, 9.17) is 5.73 Å². The highest BCUT2D eigenvalue weighted by Gasteiger charge is 2.28. The van der Waals surface area contributed by atoms with Gasteiger partial charge in [0, 0.05) is 25.6 Å². The zero-order chi connectivity index (χ0) is 10.7. The van der Waals surface area contributed by atoms with Crippen LogP contribution in [0.3, 0.4) is 0 Å². The number of nitrogens with zero attached hydrogens (tertiary/aromatic N) is 2. The second-order valence-electron chi connectivity index (χ2n) is 4.70. The van der Waals surface area contributed by atoms with E-state index in [1.165, 1.54) is 32.4 Å². The highest BCUT2D eigenvalue weighted by Crippen LogP contribution is 2.20. The van der Waals surface area contributed by atoms with Crippen molar-refractivity contribution in [2.45, 2.75) is 31.7 Å². The Hall–Kier alpha value is -0.610. The molecule has 2 N–H and O–H groups in total. The van der Waals surface area contributed by atoms with Crippen molar-refractivity contribution >= 4 is 5.91 Å². The third-order valence-corrected chi connectivity index (χ3v) is 3.58. The van der Waals surface area contributed by atoms with Gasteiger partial charge in [0.1, 0.15) is 0 Å². The van der Waals surface area contributed by atoms with Gasteiger partial charge in [-0.1, -0.05) is 0 Å². The zero-order valence-corrected chi connectivity index (χ0v) is 9.32. The van der Waals surface area contributed by atoms with E-state index >= 15 is 0 Å². The quantitative estimate of drug-likeness (QED) is 0.714. The molecule has 1 atom stereocenters. The third-order valence-electron chi connectivity index (χ3n) is 3.58. The first kappa shape index (κ1) is 10.9. The average molecular weight is 211 g/mol. The van der Waals surface area contributed by atoms with Crippen LogP contribution in [-0.2, 0) is 4.79 Å². The summed E-state index contributed by atoms with van der Waals surface area (Å²) in [6.07, 6.45) is 4.49. The molecule has 0 saturated carbocycles. The predicted octanol–water partition coefficient (Wildman–Crippen LogP) is 0.0319. The molecular weight excluding hydrogens is 190 g/mol. The Kier molecular flexibility index (Phi) is 3.59. The molecule has 2 fully saturated rings. The fraction of sp³-hybridized carbons (Fsp3) is 0.909. The van der Waals surface area contributed by atoms with E-state index in [-0.39, 0.29) is 5.91 Å². The average Bonchev–Trinajstić information content (AvgIpc) is 2.85. The van der Waals surface area contributed by atoms with Crippen molar-refractivity contribution in [2.75, 3.05) is 32.7 Å². The molecule has 4 nitrogen and oxygen atoms in total. The first-order chi connectivity index (χ1) is 7.25. The van der Waals surface area contributed by atoms with Crippen LogP contribution in [0.25, 0.3) is 0 Å². The maximum absolute atomic E-state index is 10.7. The lowest BCUT2D eigenvalue weighted by atomic mass is 10.2. The lowest BCUT2D eigenvalue weighted by Gasteiger charge is -2.23. The largest absolute Gasteiger partial charge is 0.370 e. The maximum atomic E-state index is 10.7. The number of likely N-dealkylation sites (tertiary alicyclic amines) is 2. The van der Waals surface area contributed by atoms with Crippen LogP contribution in [0.5, 0.6) is 0 Å². The Labute approximate surface area is 91.4 Å². The Bertz CT molecular complexity index is 226. The minimum Gasteiger partial charge on any atom is -0.370 e. The van der Waals surface area contributed by atoms with E-state index in [9.17, 15) is 4.79 Å². The first-order valence-electron chi connectivity index (χ1n) is 6.00. The topological polar surface area (TPSA) is 49.6 Å². The van der Waals surface area contributed by atoms with Crippen molar-refractivity contribution in [3.63, 3.8) is 0 Å². The van der Waals surface area contributed by atoms with Crippen LogP contribution < -0.4 is 5.73 Å². The van der Waals surface area contributed by atoms with Gasteiger partial charge in [-0.2, -0.15) is 0 Å². The van der Waals surface area contributed by atoms with E-state index < -0.39 is 0 Å². The normalized spacial score (nSPS) is 28.7. The van der Waals surface area contributed by atoms with Crippen molar-refractivity contribution in [3.05, 3.63) is 0 Å². The number of primary amides is 1. The predicted molar refractivity (Wildman–Crippen MR) is 59.5 cm³/mol. The molecule has 2 saturated heterocycles. The van der Waals surface area contributed by atoms with Crippen LogP contribution in [0.2, 0.25) is 0 Å². The molecule has 0 aromatic carbocycles. The SMILES string of the molecule is NC(=O)CCN1CCC(N2CCCC2)C1. The summed E-state index contributed by atoms with van der Waals surface area (Å²) in [5, 5.41) is 0. The van der Waals surface area contributed by atoms with Gasteiger partial charge in [-0.3, -0.25) is 9.69 Å². The standard InChI is InChI=1S/C11H21N3O/c12-11(15)4-8-13-7-3-10(9-13)14-5-1-2-6-14/h10H,1-9H2,(H2,12,15). The number of amides is 1. The number of rotatable bonds is 4. The van der Waals surface area contributed by atoms with Crippen LogP contribution in [0, 0.1) is 0 Å². The lowest BCUT2D eigenvalue weighted by molar-refractivity contribution is -0.118.